The molecule has 4 aliphatic carbocycles. The van der Waals surface area contributed by atoms with Gasteiger partial charge >= 0.3 is 0 Å². The Labute approximate surface area is 156 Å². The molecule has 3 aromatic rings. The molecule has 4 saturated carbocycles. The minimum atomic E-state index is -0.0102. The molecule has 0 saturated heterocycles. The highest BCUT2D eigenvalue weighted by molar-refractivity contribution is 5.86. The summed E-state index contributed by atoms with van der Waals surface area (Å²) in [6, 6.07) is 0. The van der Waals surface area contributed by atoms with Gasteiger partial charge in [0.2, 0.25) is 0 Å². The largest absolute Gasteiger partial charge is 0.364 e. The van der Waals surface area contributed by atoms with Gasteiger partial charge in [-0.15, -0.1) is 10.2 Å². The SMILES string of the molecule is Cc1nc(NC23CC4CC(C2)CC(n2ncnn2)(C4)C3)c2cnn(C)c2n1. The van der Waals surface area contributed by atoms with Gasteiger partial charge < -0.3 is 5.32 Å². The normalized spacial score (nSPS) is 34.4. The second kappa shape index (κ2) is 5.02. The zero-order valence-electron chi connectivity index (χ0n) is 15.6. The van der Waals surface area contributed by atoms with Crippen LogP contribution in [0.3, 0.4) is 0 Å². The average molecular weight is 365 g/mol. The smallest absolute Gasteiger partial charge is 0.163 e. The van der Waals surface area contributed by atoms with Crippen LogP contribution in [0.5, 0.6) is 0 Å². The number of hydrogen-bond donors (Lipinski definition) is 1. The first-order valence-corrected chi connectivity index (χ1v) is 9.72. The molecule has 0 radical (unpaired) electrons. The number of tetrazole rings is 1. The summed E-state index contributed by atoms with van der Waals surface area (Å²) in [5.74, 6) is 3.09. The monoisotopic (exact) mass is 365 g/mol. The Morgan fingerprint density at radius 1 is 1.11 bits per heavy atom. The second-order valence-electron chi connectivity index (χ2n) is 8.94. The lowest BCUT2D eigenvalue weighted by molar-refractivity contribution is -0.0633. The Morgan fingerprint density at radius 2 is 1.93 bits per heavy atom. The summed E-state index contributed by atoms with van der Waals surface area (Å²) in [4.78, 5) is 11.2. The van der Waals surface area contributed by atoms with Crippen molar-refractivity contribution in [2.45, 2.75) is 56.5 Å². The number of fused-ring (bicyclic) bond motifs is 1. The molecule has 7 rings (SSSR count). The molecule has 3 aromatic heterocycles. The van der Waals surface area contributed by atoms with Crippen LogP contribution in [0.4, 0.5) is 5.82 Å². The molecule has 140 valence electrons. The third kappa shape index (κ3) is 2.17. The van der Waals surface area contributed by atoms with Gasteiger partial charge in [-0.3, -0.25) is 4.68 Å². The molecular formula is C18H23N9. The van der Waals surface area contributed by atoms with Crippen molar-refractivity contribution in [2.75, 3.05) is 5.32 Å². The number of nitrogens with zero attached hydrogens (tertiary/aromatic N) is 8. The van der Waals surface area contributed by atoms with Crippen LogP contribution in [0.2, 0.25) is 0 Å². The molecule has 1 N–H and O–H groups in total. The second-order valence-corrected chi connectivity index (χ2v) is 8.94. The Kier molecular flexibility index (Phi) is 2.88. The summed E-state index contributed by atoms with van der Waals surface area (Å²) in [6.07, 6.45) is 10.5. The van der Waals surface area contributed by atoms with E-state index in [4.69, 9.17) is 4.98 Å². The first-order valence-electron chi connectivity index (χ1n) is 9.72. The molecule has 0 spiro atoms. The minimum absolute atomic E-state index is 0.0102. The average Bonchev–Trinajstić information content (AvgIpc) is 3.24. The van der Waals surface area contributed by atoms with Crippen molar-refractivity contribution in [1.82, 2.24) is 40.0 Å². The Balaban J connectivity index is 1.43. The predicted octanol–water partition coefficient (Wildman–Crippen LogP) is 1.82. The van der Waals surface area contributed by atoms with Gasteiger partial charge in [0.25, 0.3) is 0 Å². The third-order valence-electron chi connectivity index (χ3n) is 6.89. The van der Waals surface area contributed by atoms with Crippen molar-refractivity contribution in [2.24, 2.45) is 18.9 Å². The molecule has 2 atom stereocenters. The van der Waals surface area contributed by atoms with E-state index < -0.39 is 0 Å². The van der Waals surface area contributed by atoms with Gasteiger partial charge in [0.1, 0.15) is 11.6 Å². The lowest BCUT2D eigenvalue weighted by Gasteiger charge is -2.61. The fourth-order valence-corrected chi connectivity index (χ4v) is 6.46. The highest BCUT2D eigenvalue weighted by Gasteiger charge is 2.59. The fraction of sp³-hybridized carbons (Fsp3) is 0.667. The van der Waals surface area contributed by atoms with E-state index >= 15 is 0 Å². The number of aryl methyl sites for hydroxylation is 2. The maximum atomic E-state index is 4.75. The van der Waals surface area contributed by atoms with Crippen molar-refractivity contribution >= 4 is 16.9 Å². The predicted molar refractivity (Wildman–Crippen MR) is 97.9 cm³/mol. The number of nitrogens with one attached hydrogen (secondary N) is 1. The summed E-state index contributed by atoms with van der Waals surface area (Å²) >= 11 is 0. The maximum Gasteiger partial charge on any atom is 0.163 e. The fourth-order valence-electron chi connectivity index (χ4n) is 6.46. The van der Waals surface area contributed by atoms with Crippen LogP contribution in [0, 0.1) is 18.8 Å². The molecule has 3 heterocycles. The number of rotatable bonds is 3. The first-order chi connectivity index (χ1) is 13.0. The summed E-state index contributed by atoms with van der Waals surface area (Å²) in [6.45, 7) is 1.94. The zero-order chi connectivity index (χ0) is 18.2. The van der Waals surface area contributed by atoms with Crippen LogP contribution in [0.1, 0.15) is 44.3 Å². The van der Waals surface area contributed by atoms with E-state index in [0.717, 1.165) is 41.9 Å². The van der Waals surface area contributed by atoms with Crippen molar-refractivity contribution in [1.29, 1.82) is 0 Å². The van der Waals surface area contributed by atoms with Crippen LogP contribution < -0.4 is 5.32 Å². The van der Waals surface area contributed by atoms with Crippen molar-refractivity contribution in [3.8, 4) is 0 Å². The van der Waals surface area contributed by atoms with Crippen LogP contribution in [0.25, 0.3) is 11.0 Å². The molecule has 9 nitrogen and oxygen atoms in total. The third-order valence-corrected chi connectivity index (χ3v) is 6.89. The van der Waals surface area contributed by atoms with Gasteiger partial charge in [-0.2, -0.15) is 9.90 Å². The van der Waals surface area contributed by atoms with E-state index in [1.165, 1.54) is 19.3 Å². The van der Waals surface area contributed by atoms with Crippen LogP contribution in [-0.2, 0) is 12.6 Å². The Bertz CT molecular complexity index is 1010. The van der Waals surface area contributed by atoms with Crippen LogP contribution >= 0.6 is 0 Å². The van der Waals surface area contributed by atoms with Gasteiger partial charge in [0.05, 0.1) is 17.1 Å². The quantitative estimate of drug-likeness (QED) is 0.756. The van der Waals surface area contributed by atoms with E-state index in [1.807, 2.05) is 29.6 Å². The van der Waals surface area contributed by atoms with Gasteiger partial charge in [-0.05, 0) is 62.5 Å². The van der Waals surface area contributed by atoms with Crippen molar-refractivity contribution in [3.63, 3.8) is 0 Å². The maximum absolute atomic E-state index is 4.75. The number of aromatic nitrogens is 8. The summed E-state index contributed by atoms with van der Waals surface area (Å²) in [5, 5.41) is 22.0. The molecule has 0 amide bonds. The zero-order valence-corrected chi connectivity index (χ0v) is 15.6. The van der Waals surface area contributed by atoms with Gasteiger partial charge in [-0.25, -0.2) is 9.97 Å². The van der Waals surface area contributed by atoms with E-state index in [1.54, 1.807) is 6.33 Å². The molecule has 4 bridgehead atoms. The first kappa shape index (κ1) is 15.5. The number of anilines is 1. The highest BCUT2D eigenvalue weighted by Crippen LogP contribution is 2.60. The van der Waals surface area contributed by atoms with Gasteiger partial charge in [0.15, 0.2) is 12.0 Å². The van der Waals surface area contributed by atoms with E-state index in [2.05, 4.69) is 30.8 Å². The van der Waals surface area contributed by atoms with E-state index in [0.29, 0.717) is 11.8 Å². The van der Waals surface area contributed by atoms with E-state index in [-0.39, 0.29) is 11.1 Å². The Morgan fingerprint density at radius 3 is 2.67 bits per heavy atom. The molecule has 4 fully saturated rings. The molecule has 0 aromatic carbocycles. The topological polar surface area (TPSA) is 99.2 Å². The standard InChI is InChI=1S/C18H23N9/c1-11-22-15(14-8-20-26(2)16(14)23-11)24-17-4-12-3-13(5-17)7-18(6-12,9-17)27-21-10-19-25-27/h8,10,12-13H,3-7,9H2,1-2H3,(H,22,23,24). The van der Waals surface area contributed by atoms with Crippen molar-refractivity contribution < 1.29 is 0 Å². The summed E-state index contributed by atoms with van der Waals surface area (Å²) in [5.41, 5.74) is 0.896. The van der Waals surface area contributed by atoms with Crippen LogP contribution in [-0.4, -0.2) is 45.5 Å². The summed E-state index contributed by atoms with van der Waals surface area (Å²) in [7, 11) is 1.93. The summed E-state index contributed by atoms with van der Waals surface area (Å²) < 4.78 is 1.82. The van der Waals surface area contributed by atoms with Gasteiger partial charge in [0, 0.05) is 12.6 Å². The minimum Gasteiger partial charge on any atom is -0.364 e. The lowest BCUT2D eigenvalue weighted by Crippen LogP contribution is -2.63. The van der Waals surface area contributed by atoms with Crippen LogP contribution in [0.15, 0.2) is 12.5 Å². The highest BCUT2D eigenvalue weighted by atomic mass is 15.6. The molecule has 27 heavy (non-hydrogen) atoms. The lowest BCUT2D eigenvalue weighted by atomic mass is 9.50. The molecular weight excluding hydrogens is 342 g/mol. The molecule has 0 aliphatic heterocycles. The van der Waals surface area contributed by atoms with Crippen molar-refractivity contribution in [3.05, 3.63) is 18.3 Å². The molecule has 4 aliphatic rings. The number of hydrogen-bond acceptors (Lipinski definition) is 7. The Hall–Kier alpha value is -2.58. The molecule has 9 heteroatoms. The van der Waals surface area contributed by atoms with Gasteiger partial charge in [-0.1, -0.05) is 0 Å². The van der Waals surface area contributed by atoms with E-state index in [9.17, 15) is 0 Å². The molecule has 2 unspecified atom stereocenters.